The van der Waals surface area contributed by atoms with Crippen molar-refractivity contribution < 1.29 is 14.2 Å². The lowest BCUT2D eigenvalue weighted by Crippen LogP contribution is -2.01. The van der Waals surface area contributed by atoms with Crippen LogP contribution in [0.4, 0.5) is 5.82 Å². The molecular formula is C14H17N3O3. The number of para-hydroxylation sites is 1. The van der Waals surface area contributed by atoms with Crippen molar-refractivity contribution in [2.75, 3.05) is 20.0 Å². The second-order valence-corrected chi connectivity index (χ2v) is 3.99. The molecule has 0 aliphatic carbocycles. The van der Waals surface area contributed by atoms with Gasteiger partial charge >= 0.3 is 0 Å². The molecule has 0 amide bonds. The highest BCUT2D eigenvalue weighted by Crippen LogP contribution is 2.39. The third-order valence-electron chi connectivity index (χ3n) is 2.67. The summed E-state index contributed by atoms with van der Waals surface area (Å²) in [6.07, 6.45) is 0.671. The zero-order valence-corrected chi connectivity index (χ0v) is 11.7. The molecule has 0 saturated heterocycles. The van der Waals surface area contributed by atoms with Crippen LogP contribution in [-0.2, 0) is 6.42 Å². The van der Waals surface area contributed by atoms with E-state index in [0.717, 1.165) is 0 Å². The molecular weight excluding hydrogens is 258 g/mol. The number of nitrogen functional groups attached to an aromatic ring is 1. The van der Waals surface area contributed by atoms with E-state index in [9.17, 15) is 0 Å². The molecule has 106 valence electrons. The van der Waals surface area contributed by atoms with Gasteiger partial charge in [0.2, 0.25) is 11.6 Å². The third kappa shape index (κ3) is 2.90. The van der Waals surface area contributed by atoms with Gasteiger partial charge in [0, 0.05) is 12.5 Å². The summed E-state index contributed by atoms with van der Waals surface area (Å²) in [7, 11) is 3.13. The van der Waals surface area contributed by atoms with Gasteiger partial charge in [0.15, 0.2) is 11.5 Å². The first-order chi connectivity index (χ1) is 9.67. The van der Waals surface area contributed by atoms with Gasteiger partial charge in [-0.25, -0.2) is 4.98 Å². The first kappa shape index (κ1) is 13.9. The SMILES string of the molecule is CCc1nc(N)cc(Oc2c(OC)cccc2OC)n1. The number of rotatable bonds is 5. The van der Waals surface area contributed by atoms with Crippen molar-refractivity contribution in [2.24, 2.45) is 0 Å². The zero-order chi connectivity index (χ0) is 14.5. The van der Waals surface area contributed by atoms with E-state index >= 15 is 0 Å². The van der Waals surface area contributed by atoms with Crippen LogP contribution in [0.5, 0.6) is 23.1 Å². The number of aromatic nitrogens is 2. The highest BCUT2D eigenvalue weighted by molar-refractivity contribution is 5.53. The van der Waals surface area contributed by atoms with E-state index < -0.39 is 0 Å². The van der Waals surface area contributed by atoms with Crippen LogP contribution in [0, 0.1) is 0 Å². The Kier molecular flexibility index (Phi) is 4.24. The molecule has 0 fully saturated rings. The summed E-state index contributed by atoms with van der Waals surface area (Å²) < 4.78 is 16.3. The Balaban J connectivity index is 2.41. The molecule has 0 aliphatic heterocycles. The van der Waals surface area contributed by atoms with Crippen molar-refractivity contribution >= 4 is 5.82 Å². The van der Waals surface area contributed by atoms with Crippen molar-refractivity contribution in [1.29, 1.82) is 0 Å². The van der Waals surface area contributed by atoms with Gasteiger partial charge in [0.25, 0.3) is 0 Å². The fourth-order valence-corrected chi connectivity index (χ4v) is 1.73. The van der Waals surface area contributed by atoms with Crippen molar-refractivity contribution in [3.8, 4) is 23.1 Å². The first-order valence-corrected chi connectivity index (χ1v) is 6.20. The molecule has 1 aromatic heterocycles. The van der Waals surface area contributed by atoms with E-state index in [2.05, 4.69) is 9.97 Å². The number of ether oxygens (including phenoxy) is 3. The molecule has 6 nitrogen and oxygen atoms in total. The van der Waals surface area contributed by atoms with Crippen LogP contribution in [0.15, 0.2) is 24.3 Å². The number of benzene rings is 1. The van der Waals surface area contributed by atoms with Gasteiger partial charge < -0.3 is 19.9 Å². The first-order valence-electron chi connectivity index (χ1n) is 6.20. The summed E-state index contributed by atoms with van der Waals surface area (Å²) in [6.45, 7) is 1.95. The van der Waals surface area contributed by atoms with Gasteiger partial charge in [0.05, 0.1) is 14.2 Å². The Morgan fingerprint density at radius 2 is 1.75 bits per heavy atom. The number of hydrogen-bond acceptors (Lipinski definition) is 6. The van der Waals surface area contributed by atoms with Gasteiger partial charge in [-0.05, 0) is 12.1 Å². The van der Waals surface area contributed by atoms with Gasteiger partial charge in [-0.2, -0.15) is 4.98 Å². The Bertz CT molecular complexity index is 580. The van der Waals surface area contributed by atoms with E-state index in [1.54, 1.807) is 32.4 Å². The lowest BCUT2D eigenvalue weighted by atomic mass is 10.3. The van der Waals surface area contributed by atoms with E-state index in [1.807, 2.05) is 13.0 Å². The molecule has 0 bridgehead atoms. The number of nitrogens with zero attached hydrogens (tertiary/aromatic N) is 2. The Morgan fingerprint density at radius 1 is 1.10 bits per heavy atom. The Labute approximate surface area is 117 Å². The predicted octanol–water partition coefficient (Wildman–Crippen LogP) is 2.43. The number of anilines is 1. The molecule has 20 heavy (non-hydrogen) atoms. The molecule has 0 unspecified atom stereocenters. The van der Waals surface area contributed by atoms with Crippen LogP contribution in [0.3, 0.4) is 0 Å². The predicted molar refractivity (Wildman–Crippen MR) is 75.4 cm³/mol. The van der Waals surface area contributed by atoms with Crippen molar-refractivity contribution in [1.82, 2.24) is 9.97 Å². The normalized spacial score (nSPS) is 10.2. The van der Waals surface area contributed by atoms with Gasteiger partial charge in [-0.1, -0.05) is 13.0 Å². The molecule has 0 spiro atoms. The fourth-order valence-electron chi connectivity index (χ4n) is 1.73. The molecule has 0 radical (unpaired) electrons. The average Bonchev–Trinajstić information content (AvgIpc) is 2.46. The van der Waals surface area contributed by atoms with E-state index in [4.69, 9.17) is 19.9 Å². The summed E-state index contributed by atoms with van der Waals surface area (Å²) >= 11 is 0. The molecule has 6 heteroatoms. The maximum Gasteiger partial charge on any atom is 0.225 e. The van der Waals surface area contributed by atoms with Crippen LogP contribution < -0.4 is 19.9 Å². The smallest absolute Gasteiger partial charge is 0.225 e. The average molecular weight is 275 g/mol. The van der Waals surface area contributed by atoms with E-state index in [0.29, 0.717) is 41.2 Å². The number of methoxy groups -OCH3 is 2. The van der Waals surface area contributed by atoms with Crippen LogP contribution in [0.25, 0.3) is 0 Å². The van der Waals surface area contributed by atoms with Crippen LogP contribution in [-0.4, -0.2) is 24.2 Å². The van der Waals surface area contributed by atoms with Crippen molar-refractivity contribution in [2.45, 2.75) is 13.3 Å². The van der Waals surface area contributed by atoms with Gasteiger partial charge in [-0.3, -0.25) is 0 Å². The second-order valence-electron chi connectivity index (χ2n) is 3.99. The Hall–Kier alpha value is -2.50. The lowest BCUT2D eigenvalue weighted by Gasteiger charge is -2.13. The second kappa shape index (κ2) is 6.10. The van der Waals surface area contributed by atoms with Gasteiger partial charge in [-0.15, -0.1) is 0 Å². The zero-order valence-electron chi connectivity index (χ0n) is 11.7. The summed E-state index contributed by atoms with van der Waals surface area (Å²) in [5.74, 6) is 2.91. The minimum absolute atomic E-state index is 0.358. The minimum Gasteiger partial charge on any atom is -0.493 e. The third-order valence-corrected chi connectivity index (χ3v) is 2.67. The largest absolute Gasteiger partial charge is 0.493 e. The summed E-state index contributed by atoms with van der Waals surface area (Å²) in [5, 5.41) is 0. The molecule has 0 atom stereocenters. The quantitative estimate of drug-likeness (QED) is 0.902. The number of nitrogens with two attached hydrogens (primary N) is 1. The molecule has 2 aromatic rings. The summed E-state index contributed by atoms with van der Waals surface area (Å²) in [4.78, 5) is 8.38. The summed E-state index contributed by atoms with van der Waals surface area (Å²) in [5.41, 5.74) is 5.74. The van der Waals surface area contributed by atoms with E-state index in [-0.39, 0.29) is 0 Å². The minimum atomic E-state index is 0.358. The number of hydrogen-bond donors (Lipinski definition) is 1. The number of aryl methyl sites for hydroxylation is 1. The fraction of sp³-hybridized carbons (Fsp3) is 0.286. The molecule has 0 aliphatic rings. The van der Waals surface area contributed by atoms with Crippen LogP contribution in [0.2, 0.25) is 0 Å². The Morgan fingerprint density at radius 3 is 2.30 bits per heavy atom. The highest BCUT2D eigenvalue weighted by Gasteiger charge is 2.14. The highest BCUT2D eigenvalue weighted by atomic mass is 16.5. The topological polar surface area (TPSA) is 79.5 Å². The van der Waals surface area contributed by atoms with Crippen molar-refractivity contribution in [3.63, 3.8) is 0 Å². The monoisotopic (exact) mass is 275 g/mol. The molecule has 2 rings (SSSR count). The maximum atomic E-state index is 5.76. The molecule has 2 N–H and O–H groups in total. The summed E-state index contributed by atoms with van der Waals surface area (Å²) in [6, 6.07) is 6.94. The van der Waals surface area contributed by atoms with Crippen molar-refractivity contribution in [3.05, 3.63) is 30.1 Å². The van der Waals surface area contributed by atoms with Crippen LogP contribution in [0.1, 0.15) is 12.7 Å². The van der Waals surface area contributed by atoms with Gasteiger partial charge in [0.1, 0.15) is 11.6 Å². The van der Waals surface area contributed by atoms with Crippen LogP contribution >= 0.6 is 0 Å². The van der Waals surface area contributed by atoms with E-state index in [1.165, 1.54) is 0 Å². The molecule has 0 saturated carbocycles. The maximum absolute atomic E-state index is 5.76. The molecule has 1 aromatic carbocycles. The lowest BCUT2D eigenvalue weighted by molar-refractivity contribution is 0.341. The standard InChI is InChI=1S/C14H17N3O3/c1-4-12-16-11(15)8-13(17-12)20-14-9(18-2)6-5-7-10(14)19-3/h5-8H,4H2,1-3H3,(H2,15,16,17). The molecule has 1 heterocycles.